The molecule has 1 amide bonds. The van der Waals surface area contributed by atoms with E-state index in [2.05, 4.69) is 10.3 Å². The van der Waals surface area contributed by atoms with E-state index >= 15 is 0 Å². The molecular weight excluding hydrogens is 438 g/mol. The van der Waals surface area contributed by atoms with E-state index in [9.17, 15) is 13.2 Å². The lowest BCUT2D eigenvalue weighted by molar-refractivity contribution is -0.115. The zero-order valence-electron chi connectivity index (χ0n) is 17.8. The third kappa shape index (κ3) is 4.97. The number of methoxy groups -OCH3 is 1. The van der Waals surface area contributed by atoms with Gasteiger partial charge < -0.3 is 14.5 Å². The Bertz CT molecular complexity index is 1150. The van der Waals surface area contributed by atoms with Crippen LogP contribution in [0.2, 0.25) is 0 Å². The van der Waals surface area contributed by atoms with Crippen LogP contribution in [0.15, 0.2) is 45.0 Å². The van der Waals surface area contributed by atoms with E-state index in [-0.39, 0.29) is 22.9 Å². The molecule has 0 aliphatic carbocycles. The molecule has 0 saturated heterocycles. The molecule has 0 atom stereocenters. The normalized spacial score (nSPS) is 11.6. The number of aromatic nitrogens is 1. The van der Waals surface area contributed by atoms with E-state index < -0.39 is 10.0 Å². The van der Waals surface area contributed by atoms with Crippen molar-refractivity contribution in [1.29, 1.82) is 0 Å². The van der Waals surface area contributed by atoms with Gasteiger partial charge in [-0.2, -0.15) is 4.31 Å². The summed E-state index contributed by atoms with van der Waals surface area (Å²) in [4.78, 5) is 18.1. The standard InChI is InChI=1S/C21H25N3O5S2/c1-5-24(6-2)31(26,27)15-9-10-18(28-4)17(12-15)22-20(25)13-16-14(3)29-21(23-16)19-8-7-11-30-19/h7-12H,5-6,13H2,1-4H3,(H,22,25). The lowest BCUT2D eigenvalue weighted by atomic mass is 10.2. The molecule has 1 aromatic carbocycles. The summed E-state index contributed by atoms with van der Waals surface area (Å²) in [6, 6.07) is 8.21. The lowest BCUT2D eigenvalue weighted by Crippen LogP contribution is -2.30. The summed E-state index contributed by atoms with van der Waals surface area (Å²) in [5.41, 5.74) is 0.798. The fraction of sp³-hybridized carbons (Fsp3) is 0.333. The predicted octanol–water partition coefficient (Wildman–Crippen LogP) is 3.93. The monoisotopic (exact) mass is 463 g/mol. The van der Waals surface area contributed by atoms with Gasteiger partial charge in [0, 0.05) is 13.1 Å². The molecule has 8 nitrogen and oxygen atoms in total. The van der Waals surface area contributed by atoms with Crippen molar-refractivity contribution >= 4 is 33.0 Å². The van der Waals surface area contributed by atoms with Gasteiger partial charge in [0.05, 0.1) is 34.7 Å². The van der Waals surface area contributed by atoms with Gasteiger partial charge in [-0.1, -0.05) is 19.9 Å². The van der Waals surface area contributed by atoms with Crippen LogP contribution in [0.3, 0.4) is 0 Å². The number of nitrogens with one attached hydrogen (secondary N) is 1. The van der Waals surface area contributed by atoms with Gasteiger partial charge in [-0.25, -0.2) is 13.4 Å². The Morgan fingerprint density at radius 3 is 2.61 bits per heavy atom. The molecule has 1 N–H and O–H groups in total. The van der Waals surface area contributed by atoms with Crippen molar-refractivity contribution in [2.24, 2.45) is 0 Å². The van der Waals surface area contributed by atoms with Crippen molar-refractivity contribution in [2.75, 3.05) is 25.5 Å². The van der Waals surface area contributed by atoms with Gasteiger partial charge in [0.2, 0.25) is 21.8 Å². The largest absolute Gasteiger partial charge is 0.495 e. The number of rotatable bonds is 9. The first-order valence-corrected chi connectivity index (χ1v) is 12.1. The summed E-state index contributed by atoms with van der Waals surface area (Å²) >= 11 is 1.50. The van der Waals surface area contributed by atoms with Gasteiger partial charge in [0.1, 0.15) is 11.5 Å². The number of aryl methyl sites for hydroxylation is 1. The van der Waals surface area contributed by atoms with Crippen molar-refractivity contribution < 1.29 is 22.4 Å². The van der Waals surface area contributed by atoms with Crippen LogP contribution >= 0.6 is 11.3 Å². The molecule has 0 spiro atoms. The van der Waals surface area contributed by atoms with Crippen molar-refractivity contribution in [3.8, 4) is 16.5 Å². The Morgan fingerprint density at radius 2 is 2.00 bits per heavy atom. The molecule has 0 aliphatic rings. The summed E-state index contributed by atoms with van der Waals surface area (Å²) in [5, 5.41) is 4.67. The lowest BCUT2D eigenvalue weighted by Gasteiger charge is -2.19. The Labute approximate surface area is 185 Å². The maximum Gasteiger partial charge on any atom is 0.243 e. The Balaban J connectivity index is 1.82. The zero-order valence-corrected chi connectivity index (χ0v) is 19.5. The van der Waals surface area contributed by atoms with Crippen LogP contribution in [0.5, 0.6) is 5.75 Å². The molecule has 0 radical (unpaired) electrons. The second-order valence-corrected chi connectivity index (χ2v) is 9.56. The Kier molecular flexibility index (Phi) is 7.14. The number of benzene rings is 1. The van der Waals surface area contributed by atoms with E-state index in [0.29, 0.717) is 36.2 Å². The van der Waals surface area contributed by atoms with Crippen molar-refractivity contribution in [1.82, 2.24) is 9.29 Å². The Hall–Kier alpha value is -2.69. The third-order valence-corrected chi connectivity index (χ3v) is 7.64. The number of nitrogens with zero attached hydrogens (tertiary/aromatic N) is 2. The minimum Gasteiger partial charge on any atom is -0.495 e. The van der Waals surface area contributed by atoms with E-state index in [0.717, 1.165) is 4.88 Å². The number of amides is 1. The fourth-order valence-electron chi connectivity index (χ4n) is 3.10. The third-order valence-electron chi connectivity index (χ3n) is 4.74. The maximum absolute atomic E-state index is 12.8. The minimum atomic E-state index is -3.67. The molecule has 3 rings (SSSR count). The molecule has 10 heteroatoms. The summed E-state index contributed by atoms with van der Waals surface area (Å²) in [6.45, 7) is 6.01. The van der Waals surface area contributed by atoms with Gasteiger partial charge in [-0.3, -0.25) is 4.79 Å². The highest BCUT2D eigenvalue weighted by atomic mass is 32.2. The van der Waals surface area contributed by atoms with Crippen molar-refractivity contribution in [3.63, 3.8) is 0 Å². The second kappa shape index (κ2) is 9.63. The van der Waals surface area contributed by atoms with Crippen LogP contribution < -0.4 is 10.1 Å². The van der Waals surface area contributed by atoms with Gasteiger partial charge in [0.15, 0.2) is 0 Å². The van der Waals surface area contributed by atoms with Gasteiger partial charge in [-0.15, -0.1) is 11.3 Å². The molecule has 2 heterocycles. The number of ether oxygens (including phenoxy) is 1. The average Bonchev–Trinajstić information content (AvgIpc) is 3.39. The number of carbonyl (C=O) groups is 1. The Morgan fingerprint density at radius 1 is 1.26 bits per heavy atom. The molecule has 0 aliphatic heterocycles. The molecule has 0 fully saturated rings. The molecular formula is C21H25N3O5S2. The number of hydrogen-bond acceptors (Lipinski definition) is 7. The van der Waals surface area contributed by atoms with E-state index in [1.54, 1.807) is 20.8 Å². The van der Waals surface area contributed by atoms with Crippen molar-refractivity contribution in [2.45, 2.75) is 32.1 Å². The summed E-state index contributed by atoms with van der Waals surface area (Å²) < 4.78 is 38.0. The first-order chi connectivity index (χ1) is 14.8. The van der Waals surface area contributed by atoms with Crippen LogP contribution in [-0.2, 0) is 21.2 Å². The van der Waals surface area contributed by atoms with Crippen LogP contribution in [0.1, 0.15) is 25.3 Å². The number of hydrogen-bond donors (Lipinski definition) is 1. The average molecular weight is 464 g/mol. The highest BCUT2D eigenvalue weighted by molar-refractivity contribution is 7.89. The van der Waals surface area contributed by atoms with Crippen LogP contribution in [0.25, 0.3) is 10.8 Å². The summed E-state index contributed by atoms with van der Waals surface area (Å²) in [7, 11) is -2.21. The second-order valence-electron chi connectivity index (χ2n) is 6.68. The SMILES string of the molecule is CCN(CC)S(=O)(=O)c1ccc(OC)c(NC(=O)Cc2nc(-c3cccs3)oc2C)c1. The zero-order chi connectivity index (χ0) is 22.6. The highest BCUT2D eigenvalue weighted by Gasteiger charge is 2.23. The van der Waals surface area contributed by atoms with E-state index in [1.165, 1.54) is 41.0 Å². The quantitative estimate of drug-likeness (QED) is 0.516. The molecule has 31 heavy (non-hydrogen) atoms. The van der Waals surface area contributed by atoms with Gasteiger partial charge in [0.25, 0.3) is 0 Å². The molecule has 0 unspecified atom stereocenters. The van der Waals surface area contributed by atoms with Crippen LogP contribution in [0, 0.1) is 6.92 Å². The topological polar surface area (TPSA) is 102 Å². The minimum absolute atomic E-state index is 0.0170. The number of oxazole rings is 1. The molecule has 2 aromatic heterocycles. The van der Waals surface area contributed by atoms with E-state index in [4.69, 9.17) is 9.15 Å². The van der Waals surface area contributed by atoms with Crippen LogP contribution in [0.4, 0.5) is 5.69 Å². The number of sulfonamides is 1. The first kappa shape index (κ1) is 23.0. The maximum atomic E-state index is 12.8. The number of thiophene rings is 1. The molecule has 166 valence electrons. The summed E-state index contributed by atoms with van der Waals surface area (Å²) in [5.74, 6) is 1.04. The fourth-order valence-corrected chi connectivity index (χ4v) is 5.24. The molecule has 0 saturated carbocycles. The summed E-state index contributed by atoms with van der Waals surface area (Å²) in [6.07, 6.45) is -0.0170. The molecule has 0 bridgehead atoms. The molecule has 3 aromatic rings. The van der Waals surface area contributed by atoms with Crippen molar-refractivity contribution in [3.05, 3.63) is 47.2 Å². The van der Waals surface area contributed by atoms with Gasteiger partial charge >= 0.3 is 0 Å². The van der Waals surface area contributed by atoms with Gasteiger partial charge in [-0.05, 0) is 36.6 Å². The predicted molar refractivity (Wildman–Crippen MR) is 120 cm³/mol. The number of anilines is 1. The smallest absolute Gasteiger partial charge is 0.243 e. The first-order valence-electron chi connectivity index (χ1n) is 9.78. The highest BCUT2D eigenvalue weighted by Crippen LogP contribution is 2.30. The van der Waals surface area contributed by atoms with Crippen LogP contribution in [-0.4, -0.2) is 43.8 Å². The number of carbonyl (C=O) groups excluding carboxylic acids is 1. The van der Waals surface area contributed by atoms with E-state index in [1.807, 2.05) is 17.5 Å².